The van der Waals surface area contributed by atoms with Crippen LogP contribution in [0.3, 0.4) is 0 Å². The lowest BCUT2D eigenvalue weighted by Crippen LogP contribution is -2.34. The Morgan fingerprint density at radius 2 is 2.17 bits per heavy atom. The minimum absolute atomic E-state index is 0.204. The maximum Gasteiger partial charge on any atom is 0.273 e. The van der Waals surface area contributed by atoms with Gasteiger partial charge in [0.1, 0.15) is 5.82 Å². The summed E-state index contributed by atoms with van der Waals surface area (Å²) in [6, 6.07) is 7.27. The molecule has 0 unspecified atom stereocenters. The zero-order chi connectivity index (χ0) is 16.2. The Hall–Kier alpha value is -2.21. The van der Waals surface area contributed by atoms with Gasteiger partial charge in [0.15, 0.2) is 0 Å². The third kappa shape index (κ3) is 3.27. The molecule has 0 N–H and O–H groups in total. The van der Waals surface area contributed by atoms with Gasteiger partial charge in [-0.3, -0.25) is 15.0 Å². The molecule has 1 aliphatic heterocycles. The minimum atomic E-state index is -0.290. The number of benzene rings is 1. The van der Waals surface area contributed by atoms with Gasteiger partial charge in [-0.2, -0.15) is 0 Å². The highest BCUT2D eigenvalue weighted by molar-refractivity contribution is 5.39. The third-order valence-corrected chi connectivity index (χ3v) is 4.56. The van der Waals surface area contributed by atoms with E-state index < -0.39 is 0 Å². The van der Waals surface area contributed by atoms with Gasteiger partial charge < -0.3 is 4.57 Å². The van der Waals surface area contributed by atoms with Crippen molar-refractivity contribution in [1.29, 1.82) is 0 Å². The molecule has 0 radical (unpaired) electrons. The van der Waals surface area contributed by atoms with Crippen LogP contribution in [0.15, 0.2) is 36.7 Å². The molecule has 1 aromatic carbocycles. The van der Waals surface area contributed by atoms with Crippen molar-refractivity contribution in [3.63, 3.8) is 0 Å². The molecule has 2 heterocycles. The molecule has 2 aromatic rings. The van der Waals surface area contributed by atoms with Crippen LogP contribution in [0.5, 0.6) is 0 Å². The standard InChI is InChI=1S/C17H22N4O2/c1-2-19-12-10-18-17(19)16-9-5-6-11-20(16)13-14-7-3-4-8-15(14)21(22)23/h3-4,7-8,10,12,16H,2,5-6,9,11,13H2,1H3/t16-/m1/s1. The Bertz CT molecular complexity index is 683. The molecule has 6 nitrogen and oxygen atoms in total. The van der Waals surface area contributed by atoms with Crippen molar-refractivity contribution < 1.29 is 4.92 Å². The number of nitrogens with zero attached hydrogens (tertiary/aromatic N) is 4. The van der Waals surface area contributed by atoms with Crippen molar-refractivity contribution in [2.75, 3.05) is 6.54 Å². The maximum atomic E-state index is 11.2. The Labute approximate surface area is 135 Å². The van der Waals surface area contributed by atoms with E-state index in [0.29, 0.717) is 6.54 Å². The fraction of sp³-hybridized carbons (Fsp3) is 0.471. The van der Waals surface area contributed by atoms with Gasteiger partial charge in [-0.05, 0) is 26.3 Å². The van der Waals surface area contributed by atoms with Gasteiger partial charge in [-0.15, -0.1) is 0 Å². The molecule has 0 saturated carbocycles. The predicted molar refractivity (Wildman–Crippen MR) is 88.0 cm³/mol. The molecule has 122 valence electrons. The van der Waals surface area contributed by atoms with Crippen molar-refractivity contribution in [3.8, 4) is 0 Å². The number of para-hydroxylation sites is 1. The largest absolute Gasteiger partial charge is 0.334 e. The van der Waals surface area contributed by atoms with Crippen LogP contribution in [0.25, 0.3) is 0 Å². The average Bonchev–Trinajstić information content (AvgIpc) is 3.04. The topological polar surface area (TPSA) is 64.2 Å². The molecule has 1 aromatic heterocycles. The number of aryl methyl sites for hydroxylation is 1. The summed E-state index contributed by atoms with van der Waals surface area (Å²) in [5.74, 6) is 1.07. The second kappa shape index (κ2) is 6.91. The third-order valence-electron chi connectivity index (χ3n) is 4.56. The van der Waals surface area contributed by atoms with Gasteiger partial charge in [-0.1, -0.05) is 24.6 Å². The number of aromatic nitrogens is 2. The molecule has 1 atom stereocenters. The summed E-state index contributed by atoms with van der Waals surface area (Å²) in [5, 5.41) is 11.2. The molecule has 0 spiro atoms. The zero-order valence-corrected chi connectivity index (χ0v) is 13.4. The van der Waals surface area contributed by atoms with Crippen LogP contribution in [-0.2, 0) is 13.1 Å². The number of likely N-dealkylation sites (tertiary alicyclic amines) is 1. The van der Waals surface area contributed by atoms with E-state index in [1.807, 2.05) is 24.5 Å². The van der Waals surface area contributed by atoms with Crippen LogP contribution in [-0.4, -0.2) is 25.9 Å². The summed E-state index contributed by atoms with van der Waals surface area (Å²) in [6.07, 6.45) is 7.21. The Morgan fingerprint density at radius 3 is 2.96 bits per heavy atom. The summed E-state index contributed by atoms with van der Waals surface area (Å²) < 4.78 is 2.17. The molecule has 3 rings (SSSR count). The van der Waals surface area contributed by atoms with E-state index in [0.717, 1.165) is 37.3 Å². The van der Waals surface area contributed by atoms with Crippen molar-refractivity contribution >= 4 is 5.69 Å². The van der Waals surface area contributed by atoms with E-state index in [-0.39, 0.29) is 16.7 Å². The van der Waals surface area contributed by atoms with E-state index >= 15 is 0 Å². The SMILES string of the molecule is CCn1ccnc1[C@H]1CCCCN1Cc1ccccc1[N+](=O)[O-]. The molecule has 1 fully saturated rings. The Kier molecular flexibility index (Phi) is 4.71. The van der Waals surface area contributed by atoms with Gasteiger partial charge in [0, 0.05) is 37.1 Å². The first-order valence-corrected chi connectivity index (χ1v) is 8.18. The molecule has 23 heavy (non-hydrogen) atoms. The number of piperidine rings is 1. The molecule has 0 bridgehead atoms. The number of hydrogen-bond donors (Lipinski definition) is 0. The fourth-order valence-corrected chi connectivity index (χ4v) is 3.40. The minimum Gasteiger partial charge on any atom is -0.334 e. The van der Waals surface area contributed by atoms with Crippen LogP contribution >= 0.6 is 0 Å². The van der Waals surface area contributed by atoms with E-state index in [2.05, 4.69) is 21.4 Å². The molecule has 6 heteroatoms. The molecular formula is C17H22N4O2. The monoisotopic (exact) mass is 314 g/mol. The van der Waals surface area contributed by atoms with Crippen LogP contribution < -0.4 is 0 Å². The van der Waals surface area contributed by atoms with Crippen molar-refractivity contribution in [2.45, 2.75) is 45.3 Å². The lowest BCUT2D eigenvalue weighted by atomic mass is 10.00. The first kappa shape index (κ1) is 15.7. The number of nitro groups is 1. The van der Waals surface area contributed by atoms with E-state index in [1.165, 1.54) is 6.42 Å². The lowest BCUT2D eigenvalue weighted by molar-refractivity contribution is -0.385. The maximum absolute atomic E-state index is 11.2. The van der Waals surface area contributed by atoms with E-state index in [4.69, 9.17) is 0 Å². The van der Waals surface area contributed by atoms with E-state index in [1.54, 1.807) is 12.1 Å². The number of rotatable bonds is 5. The van der Waals surface area contributed by atoms with Gasteiger partial charge in [0.05, 0.1) is 11.0 Å². The van der Waals surface area contributed by atoms with E-state index in [9.17, 15) is 10.1 Å². The van der Waals surface area contributed by atoms with Crippen LogP contribution in [0, 0.1) is 10.1 Å². The normalized spacial score (nSPS) is 18.9. The molecule has 0 amide bonds. The summed E-state index contributed by atoms with van der Waals surface area (Å²) in [7, 11) is 0. The second-order valence-electron chi connectivity index (χ2n) is 5.94. The van der Waals surface area contributed by atoms with Crippen molar-refractivity contribution in [2.24, 2.45) is 0 Å². The zero-order valence-electron chi connectivity index (χ0n) is 13.4. The van der Waals surface area contributed by atoms with Gasteiger partial charge in [0.25, 0.3) is 5.69 Å². The molecule has 0 aliphatic carbocycles. The fourth-order valence-electron chi connectivity index (χ4n) is 3.40. The number of nitro benzene ring substituents is 1. The summed E-state index contributed by atoms with van der Waals surface area (Å²) in [6.45, 7) is 4.55. The van der Waals surface area contributed by atoms with Crippen molar-refractivity contribution in [1.82, 2.24) is 14.5 Å². The lowest BCUT2D eigenvalue weighted by Gasteiger charge is -2.35. The number of imidazole rings is 1. The first-order valence-electron chi connectivity index (χ1n) is 8.18. The summed E-state index contributed by atoms with van der Waals surface area (Å²) in [4.78, 5) is 17.8. The van der Waals surface area contributed by atoms with Crippen molar-refractivity contribution in [3.05, 3.63) is 58.2 Å². The highest BCUT2D eigenvalue weighted by Gasteiger charge is 2.28. The van der Waals surface area contributed by atoms with Crippen LogP contribution in [0.2, 0.25) is 0 Å². The van der Waals surface area contributed by atoms with Crippen LogP contribution in [0.1, 0.15) is 43.6 Å². The second-order valence-corrected chi connectivity index (χ2v) is 5.94. The first-order chi connectivity index (χ1) is 11.2. The summed E-state index contributed by atoms with van der Waals surface area (Å²) >= 11 is 0. The average molecular weight is 314 g/mol. The molecular weight excluding hydrogens is 292 g/mol. The van der Waals surface area contributed by atoms with Crippen LogP contribution in [0.4, 0.5) is 5.69 Å². The van der Waals surface area contributed by atoms with Gasteiger partial charge >= 0.3 is 0 Å². The van der Waals surface area contributed by atoms with Gasteiger partial charge in [-0.25, -0.2) is 4.98 Å². The highest BCUT2D eigenvalue weighted by Crippen LogP contribution is 2.32. The predicted octanol–water partition coefficient (Wildman–Crippen LogP) is 3.54. The number of hydrogen-bond acceptors (Lipinski definition) is 4. The van der Waals surface area contributed by atoms with Gasteiger partial charge in [0.2, 0.25) is 0 Å². The Morgan fingerprint density at radius 1 is 1.35 bits per heavy atom. The summed E-state index contributed by atoms with van der Waals surface area (Å²) in [5.41, 5.74) is 0.981. The molecule has 1 aliphatic rings. The Balaban J connectivity index is 1.87. The quantitative estimate of drug-likeness (QED) is 0.625. The smallest absolute Gasteiger partial charge is 0.273 e. The molecule has 1 saturated heterocycles. The highest BCUT2D eigenvalue weighted by atomic mass is 16.6.